The summed E-state index contributed by atoms with van der Waals surface area (Å²) in [5.74, 6) is -0.208. The van der Waals surface area contributed by atoms with E-state index in [-0.39, 0.29) is 18.4 Å². The molecule has 2 aliphatic rings. The Morgan fingerprint density at radius 3 is 2.62 bits per heavy atom. The van der Waals surface area contributed by atoms with Gasteiger partial charge in [-0.25, -0.2) is 0 Å². The summed E-state index contributed by atoms with van der Waals surface area (Å²) in [6.45, 7) is 1.61. The van der Waals surface area contributed by atoms with Gasteiger partial charge in [0.1, 0.15) is 10.9 Å². The zero-order chi connectivity index (χ0) is 16.9. The average Bonchev–Trinajstić information content (AvgIpc) is 3.21. The average molecular weight is 358 g/mol. The highest BCUT2D eigenvalue weighted by molar-refractivity contribution is 8.26. The van der Waals surface area contributed by atoms with Gasteiger partial charge in [-0.15, -0.1) is 0 Å². The van der Waals surface area contributed by atoms with E-state index in [0.717, 1.165) is 31.5 Å². The Labute approximate surface area is 151 Å². The third-order valence-corrected chi connectivity index (χ3v) is 5.36. The zero-order valence-electron chi connectivity index (χ0n) is 13.2. The molecule has 0 aliphatic carbocycles. The number of thiocarbonyl (C=S) groups is 1. The molecule has 2 amide bonds. The second-order valence-electron chi connectivity index (χ2n) is 5.65. The number of carbonyl (C=O) groups is 2. The van der Waals surface area contributed by atoms with Crippen LogP contribution in [0.1, 0.15) is 18.4 Å². The van der Waals surface area contributed by atoms with Crippen LogP contribution in [0.5, 0.6) is 0 Å². The molecular weight excluding hydrogens is 340 g/mol. The Kier molecular flexibility index (Phi) is 5.48. The molecular formula is C18H18N2O2S2. The number of carbonyl (C=O) groups excluding carboxylic acids is 2. The first-order chi connectivity index (χ1) is 11.6. The molecule has 0 N–H and O–H groups in total. The summed E-state index contributed by atoms with van der Waals surface area (Å²) in [5.41, 5.74) is 1.06. The lowest BCUT2D eigenvalue weighted by Gasteiger charge is -2.19. The first-order valence-electron chi connectivity index (χ1n) is 7.90. The van der Waals surface area contributed by atoms with Crippen LogP contribution in [-0.2, 0) is 9.59 Å². The van der Waals surface area contributed by atoms with E-state index >= 15 is 0 Å². The Hall–Kier alpha value is -1.92. The van der Waals surface area contributed by atoms with E-state index in [1.54, 1.807) is 11.0 Å². The van der Waals surface area contributed by atoms with Crippen LogP contribution in [0, 0.1) is 0 Å². The van der Waals surface area contributed by atoms with Gasteiger partial charge < -0.3 is 4.90 Å². The maximum Gasteiger partial charge on any atom is 0.266 e. The van der Waals surface area contributed by atoms with E-state index in [0.29, 0.717) is 9.23 Å². The number of thioether (sulfide) groups is 1. The van der Waals surface area contributed by atoms with Gasteiger partial charge >= 0.3 is 0 Å². The van der Waals surface area contributed by atoms with Crippen molar-refractivity contribution in [1.82, 2.24) is 9.80 Å². The van der Waals surface area contributed by atoms with Crippen molar-refractivity contribution in [2.45, 2.75) is 12.8 Å². The van der Waals surface area contributed by atoms with Gasteiger partial charge in [-0.3, -0.25) is 14.5 Å². The van der Waals surface area contributed by atoms with Gasteiger partial charge in [0.25, 0.3) is 5.91 Å². The summed E-state index contributed by atoms with van der Waals surface area (Å²) in [7, 11) is 0. The molecule has 3 rings (SSSR count). The molecule has 0 atom stereocenters. The van der Waals surface area contributed by atoms with Crippen LogP contribution in [0.3, 0.4) is 0 Å². The second kappa shape index (κ2) is 7.77. The molecule has 24 heavy (non-hydrogen) atoms. The van der Waals surface area contributed by atoms with Crippen LogP contribution in [0.15, 0.2) is 47.4 Å². The maximum atomic E-state index is 12.5. The summed E-state index contributed by atoms with van der Waals surface area (Å²) in [4.78, 5) is 28.4. The highest BCUT2D eigenvalue weighted by atomic mass is 32.2. The predicted octanol–water partition coefficient (Wildman–Crippen LogP) is 3.07. The van der Waals surface area contributed by atoms with E-state index in [4.69, 9.17) is 12.2 Å². The molecule has 4 nitrogen and oxygen atoms in total. The van der Waals surface area contributed by atoms with E-state index < -0.39 is 0 Å². The summed E-state index contributed by atoms with van der Waals surface area (Å²) in [6, 6.07) is 9.86. The van der Waals surface area contributed by atoms with Crippen molar-refractivity contribution < 1.29 is 9.59 Å². The number of likely N-dealkylation sites (tertiary alicyclic amines) is 1. The normalized spacial score (nSPS) is 19.9. The topological polar surface area (TPSA) is 40.6 Å². The van der Waals surface area contributed by atoms with E-state index in [1.807, 2.05) is 42.5 Å². The number of rotatable bonds is 4. The smallest absolute Gasteiger partial charge is 0.266 e. The van der Waals surface area contributed by atoms with Crippen molar-refractivity contribution >= 4 is 46.2 Å². The molecule has 2 heterocycles. The number of allylic oxidation sites excluding steroid dienone is 2. The summed E-state index contributed by atoms with van der Waals surface area (Å²) in [6.07, 6.45) is 7.60. The van der Waals surface area contributed by atoms with E-state index in [1.165, 1.54) is 16.7 Å². The molecule has 2 saturated heterocycles. The van der Waals surface area contributed by atoms with Crippen molar-refractivity contribution in [3.8, 4) is 0 Å². The van der Waals surface area contributed by atoms with Crippen molar-refractivity contribution in [1.29, 1.82) is 0 Å². The number of nitrogens with zero attached hydrogens (tertiary/aromatic N) is 2. The summed E-state index contributed by atoms with van der Waals surface area (Å²) in [5, 5.41) is 0. The second-order valence-corrected chi connectivity index (χ2v) is 7.32. The molecule has 124 valence electrons. The monoisotopic (exact) mass is 358 g/mol. The SMILES string of the molecule is O=C(CN1C(=O)/C(=C/C=C/c2ccccc2)SC1=S)N1CCCC1. The molecule has 0 bridgehead atoms. The van der Waals surface area contributed by atoms with Crippen molar-refractivity contribution in [3.63, 3.8) is 0 Å². The van der Waals surface area contributed by atoms with Crippen LogP contribution in [0.2, 0.25) is 0 Å². The largest absolute Gasteiger partial charge is 0.341 e. The molecule has 0 saturated carbocycles. The molecule has 0 unspecified atom stereocenters. The number of amides is 2. The highest BCUT2D eigenvalue weighted by Crippen LogP contribution is 2.31. The van der Waals surface area contributed by atoms with Gasteiger partial charge in [-0.1, -0.05) is 66.5 Å². The van der Waals surface area contributed by atoms with Crippen molar-refractivity contribution in [3.05, 3.63) is 53.0 Å². The molecule has 0 spiro atoms. The highest BCUT2D eigenvalue weighted by Gasteiger charge is 2.34. The Morgan fingerprint density at radius 1 is 1.21 bits per heavy atom. The van der Waals surface area contributed by atoms with E-state index in [2.05, 4.69) is 0 Å². The molecule has 1 aromatic rings. The van der Waals surface area contributed by atoms with Gasteiger partial charge in [0, 0.05) is 13.1 Å². The van der Waals surface area contributed by atoms with Gasteiger partial charge in [0.05, 0.1) is 4.91 Å². The molecule has 2 fully saturated rings. The van der Waals surface area contributed by atoms with Crippen molar-refractivity contribution in [2.75, 3.05) is 19.6 Å². The van der Waals surface area contributed by atoms with E-state index in [9.17, 15) is 9.59 Å². The third-order valence-electron chi connectivity index (χ3n) is 3.96. The quantitative estimate of drug-likeness (QED) is 0.613. The standard InChI is InChI=1S/C18H18N2O2S2/c21-16(19-11-4-5-12-19)13-20-17(22)15(24-18(20)23)10-6-9-14-7-2-1-3-8-14/h1-3,6-10H,4-5,11-13H2/b9-6+,15-10-. The Bertz CT molecular complexity index is 707. The molecule has 0 aromatic heterocycles. The van der Waals surface area contributed by atoms with Gasteiger partial charge in [0.15, 0.2) is 0 Å². The number of hydrogen-bond acceptors (Lipinski definition) is 4. The van der Waals surface area contributed by atoms with Crippen molar-refractivity contribution in [2.24, 2.45) is 0 Å². The third kappa shape index (κ3) is 3.94. The molecule has 0 radical (unpaired) electrons. The van der Waals surface area contributed by atoms with Gasteiger partial charge in [-0.2, -0.15) is 0 Å². The van der Waals surface area contributed by atoms with Crippen LogP contribution in [0.4, 0.5) is 0 Å². The van der Waals surface area contributed by atoms with Crippen LogP contribution >= 0.6 is 24.0 Å². The molecule has 1 aromatic carbocycles. The minimum absolute atomic E-state index is 0.0233. The lowest BCUT2D eigenvalue weighted by molar-refractivity contribution is -0.134. The van der Waals surface area contributed by atoms with Crippen LogP contribution in [0.25, 0.3) is 6.08 Å². The minimum atomic E-state index is -0.185. The number of hydrogen-bond donors (Lipinski definition) is 0. The Balaban J connectivity index is 1.64. The lowest BCUT2D eigenvalue weighted by atomic mass is 10.2. The lowest BCUT2D eigenvalue weighted by Crippen LogP contribution is -2.40. The fourth-order valence-corrected chi connectivity index (χ4v) is 3.87. The van der Waals surface area contributed by atoms with Crippen LogP contribution in [-0.4, -0.2) is 45.6 Å². The van der Waals surface area contributed by atoms with Gasteiger partial charge in [-0.05, 0) is 24.5 Å². The Morgan fingerprint density at radius 2 is 1.92 bits per heavy atom. The molecule has 6 heteroatoms. The summed E-state index contributed by atoms with van der Waals surface area (Å²) < 4.78 is 0.451. The fourth-order valence-electron chi connectivity index (χ4n) is 2.66. The van der Waals surface area contributed by atoms with Gasteiger partial charge in [0.2, 0.25) is 5.91 Å². The first kappa shape index (κ1) is 16.9. The number of benzene rings is 1. The zero-order valence-corrected chi connectivity index (χ0v) is 14.8. The molecule has 2 aliphatic heterocycles. The first-order valence-corrected chi connectivity index (χ1v) is 9.12. The van der Waals surface area contributed by atoms with Crippen LogP contribution < -0.4 is 0 Å². The minimum Gasteiger partial charge on any atom is -0.341 e. The summed E-state index contributed by atoms with van der Waals surface area (Å²) >= 11 is 6.51. The fraction of sp³-hybridized carbons (Fsp3) is 0.278. The maximum absolute atomic E-state index is 12.5. The predicted molar refractivity (Wildman–Crippen MR) is 101 cm³/mol.